The molecule has 2 heteroatoms. The molecule has 0 aromatic rings. The van der Waals surface area contributed by atoms with Crippen molar-refractivity contribution in [2.75, 3.05) is 13.6 Å². The monoisotopic (exact) mass is 173 g/mol. The van der Waals surface area contributed by atoms with Crippen LogP contribution < -0.4 is 0 Å². The molecule has 0 saturated heterocycles. The first-order valence-electron chi connectivity index (χ1n) is 4.67. The molecule has 12 heavy (non-hydrogen) atoms. The van der Waals surface area contributed by atoms with Gasteiger partial charge in [0, 0.05) is 12.6 Å². The summed E-state index contributed by atoms with van der Waals surface area (Å²) in [7, 11) is 2.09. The van der Waals surface area contributed by atoms with Gasteiger partial charge in [0.05, 0.1) is 5.60 Å². The third-order valence-corrected chi connectivity index (χ3v) is 2.65. The molecule has 0 saturated carbocycles. The molecule has 0 fully saturated rings. The zero-order valence-electron chi connectivity index (χ0n) is 9.26. The van der Waals surface area contributed by atoms with Gasteiger partial charge in [0.1, 0.15) is 0 Å². The van der Waals surface area contributed by atoms with Crippen LogP contribution in [-0.4, -0.2) is 35.2 Å². The molecule has 0 aromatic carbocycles. The predicted molar refractivity (Wildman–Crippen MR) is 53.2 cm³/mol. The van der Waals surface area contributed by atoms with Crippen LogP contribution in [0.3, 0.4) is 0 Å². The lowest BCUT2D eigenvalue weighted by atomic mass is 9.92. The SMILES string of the molecule is CC(C)N(C)CC(C)C(C)(C)O. The Balaban J connectivity index is 3.93. The molecule has 1 atom stereocenters. The third kappa shape index (κ3) is 4.07. The molecule has 0 bridgehead atoms. The maximum atomic E-state index is 9.69. The van der Waals surface area contributed by atoms with Crippen LogP contribution in [0.1, 0.15) is 34.6 Å². The quantitative estimate of drug-likeness (QED) is 0.700. The van der Waals surface area contributed by atoms with E-state index in [9.17, 15) is 5.11 Å². The average Bonchev–Trinajstić information content (AvgIpc) is 1.85. The van der Waals surface area contributed by atoms with Crippen LogP contribution in [0.4, 0.5) is 0 Å². The van der Waals surface area contributed by atoms with Gasteiger partial charge in [-0.15, -0.1) is 0 Å². The summed E-state index contributed by atoms with van der Waals surface area (Å²) in [4.78, 5) is 2.25. The van der Waals surface area contributed by atoms with Crippen LogP contribution in [-0.2, 0) is 0 Å². The Kier molecular flexibility index (Phi) is 4.21. The van der Waals surface area contributed by atoms with Crippen LogP contribution in [0.5, 0.6) is 0 Å². The van der Waals surface area contributed by atoms with Gasteiger partial charge in [0.25, 0.3) is 0 Å². The number of rotatable bonds is 4. The van der Waals surface area contributed by atoms with E-state index in [4.69, 9.17) is 0 Å². The highest BCUT2D eigenvalue weighted by atomic mass is 16.3. The zero-order valence-corrected chi connectivity index (χ0v) is 9.26. The van der Waals surface area contributed by atoms with Gasteiger partial charge >= 0.3 is 0 Å². The molecule has 1 unspecified atom stereocenters. The van der Waals surface area contributed by atoms with E-state index in [0.29, 0.717) is 12.0 Å². The lowest BCUT2D eigenvalue weighted by molar-refractivity contribution is 0.00856. The molecule has 0 radical (unpaired) electrons. The second kappa shape index (κ2) is 4.24. The lowest BCUT2D eigenvalue weighted by Gasteiger charge is -2.31. The van der Waals surface area contributed by atoms with Gasteiger partial charge in [0.15, 0.2) is 0 Å². The van der Waals surface area contributed by atoms with E-state index in [1.165, 1.54) is 0 Å². The van der Waals surface area contributed by atoms with Crippen molar-refractivity contribution in [2.24, 2.45) is 5.92 Å². The zero-order chi connectivity index (χ0) is 9.94. The summed E-state index contributed by atoms with van der Waals surface area (Å²) < 4.78 is 0. The molecule has 0 aliphatic rings. The summed E-state index contributed by atoms with van der Waals surface area (Å²) in [5, 5.41) is 9.69. The highest BCUT2D eigenvalue weighted by Gasteiger charge is 2.23. The fraction of sp³-hybridized carbons (Fsp3) is 1.00. The van der Waals surface area contributed by atoms with Gasteiger partial charge < -0.3 is 10.0 Å². The molecule has 0 spiro atoms. The van der Waals surface area contributed by atoms with Crippen molar-refractivity contribution < 1.29 is 5.11 Å². The molecule has 74 valence electrons. The molecule has 0 aliphatic heterocycles. The lowest BCUT2D eigenvalue weighted by Crippen LogP contribution is -2.39. The van der Waals surface area contributed by atoms with E-state index in [-0.39, 0.29) is 0 Å². The number of nitrogens with zero attached hydrogens (tertiary/aromatic N) is 1. The predicted octanol–water partition coefficient (Wildman–Crippen LogP) is 1.73. The van der Waals surface area contributed by atoms with Crippen molar-refractivity contribution in [3.63, 3.8) is 0 Å². The first-order chi connectivity index (χ1) is 5.25. The minimum Gasteiger partial charge on any atom is -0.390 e. The van der Waals surface area contributed by atoms with Gasteiger partial charge in [-0.05, 0) is 40.7 Å². The number of hydrogen-bond donors (Lipinski definition) is 1. The largest absolute Gasteiger partial charge is 0.390 e. The average molecular weight is 173 g/mol. The first kappa shape index (κ1) is 11.9. The van der Waals surface area contributed by atoms with E-state index in [0.717, 1.165) is 6.54 Å². The summed E-state index contributed by atoms with van der Waals surface area (Å²) in [6.07, 6.45) is 0. The van der Waals surface area contributed by atoms with Gasteiger partial charge in [-0.25, -0.2) is 0 Å². The van der Waals surface area contributed by atoms with Crippen LogP contribution in [0.15, 0.2) is 0 Å². The molecule has 1 N–H and O–H groups in total. The minimum atomic E-state index is -0.566. The fourth-order valence-corrected chi connectivity index (χ4v) is 0.866. The van der Waals surface area contributed by atoms with Crippen LogP contribution in [0.25, 0.3) is 0 Å². The van der Waals surface area contributed by atoms with E-state index in [2.05, 4.69) is 32.7 Å². The summed E-state index contributed by atoms with van der Waals surface area (Å²) in [5.74, 6) is 0.310. The van der Waals surface area contributed by atoms with Gasteiger partial charge in [-0.3, -0.25) is 0 Å². The Morgan fingerprint density at radius 1 is 1.25 bits per heavy atom. The number of hydrogen-bond acceptors (Lipinski definition) is 2. The Morgan fingerprint density at radius 3 is 1.92 bits per heavy atom. The summed E-state index contributed by atoms with van der Waals surface area (Å²) in [6.45, 7) is 11.1. The van der Waals surface area contributed by atoms with E-state index >= 15 is 0 Å². The third-order valence-electron chi connectivity index (χ3n) is 2.65. The molecule has 0 amide bonds. The highest BCUT2D eigenvalue weighted by molar-refractivity contribution is 4.76. The van der Waals surface area contributed by atoms with Crippen molar-refractivity contribution >= 4 is 0 Å². The fourth-order valence-electron chi connectivity index (χ4n) is 0.866. The highest BCUT2D eigenvalue weighted by Crippen LogP contribution is 2.16. The smallest absolute Gasteiger partial charge is 0.0629 e. The normalized spacial score (nSPS) is 15.8. The summed E-state index contributed by atoms with van der Waals surface area (Å²) in [6, 6.07) is 0.551. The Hall–Kier alpha value is -0.0800. The molecular formula is C10H23NO. The maximum absolute atomic E-state index is 9.69. The Morgan fingerprint density at radius 2 is 1.67 bits per heavy atom. The van der Waals surface area contributed by atoms with Crippen LogP contribution in [0.2, 0.25) is 0 Å². The van der Waals surface area contributed by atoms with E-state index < -0.39 is 5.60 Å². The number of aliphatic hydroxyl groups is 1. The second-order valence-electron chi connectivity index (χ2n) is 4.59. The van der Waals surface area contributed by atoms with Crippen molar-refractivity contribution in [2.45, 2.75) is 46.3 Å². The van der Waals surface area contributed by atoms with Crippen molar-refractivity contribution in [1.82, 2.24) is 4.90 Å². The molecule has 0 rings (SSSR count). The maximum Gasteiger partial charge on any atom is 0.0629 e. The summed E-state index contributed by atoms with van der Waals surface area (Å²) >= 11 is 0. The van der Waals surface area contributed by atoms with Crippen LogP contribution >= 0.6 is 0 Å². The molecule has 0 aromatic heterocycles. The standard InChI is InChI=1S/C10H23NO/c1-8(2)11(6)7-9(3)10(4,5)12/h8-9,12H,7H2,1-6H3. The molecule has 0 aliphatic carbocycles. The summed E-state index contributed by atoms with van der Waals surface area (Å²) in [5.41, 5.74) is -0.566. The van der Waals surface area contributed by atoms with E-state index in [1.54, 1.807) is 0 Å². The van der Waals surface area contributed by atoms with Crippen molar-refractivity contribution in [3.05, 3.63) is 0 Å². The van der Waals surface area contributed by atoms with Crippen LogP contribution in [0, 0.1) is 5.92 Å². The first-order valence-corrected chi connectivity index (χ1v) is 4.67. The molecule has 0 heterocycles. The second-order valence-corrected chi connectivity index (χ2v) is 4.59. The minimum absolute atomic E-state index is 0.310. The topological polar surface area (TPSA) is 23.5 Å². The Bertz CT molecular complexity index is 126. The van der Waals surface area contributed by atoms with Crippen molar-refractivity contribution in [3.8, 4) is 0 Å². The molecular weight excluding hydrogens is 150 g/mol. The van der Waals surface area contributed by atoms with Gasteiger partial charge in [0.2, 0.25) is 0 Å². The van der Waals surface area contributed by atoms with E-state index in [1.807, 2.05) is 13.8 Å². The van der Waals surface area contributed by atoms with Crippen molar-refractivity contribution in [1.29, 1.82) is 0 Å². The molecule has 2 nitrogen and oxygen atoms in total. The van der Waals surface area contributed by atoms with Gasteiger partial charge in [-0.2, -0.15) is 0 Å². The van der Waals surface area contributed by atoms with Gasteiger partial charge in [-0.1, -0.05) is 6.92 Å². The Labute approximate surface area is 76.6 Å².